The highest BCUT2D eigenvalue weighted by Crippen LogP contribution is 2.34. The summed E-state index contributed by atoms with van der Waals surface area (Å²) in [6.45, 7) is 1.96. The van der Waals surface area contributed by atoms with Crippen LogP contribution in [0.15, 0.2) is 83.8 Å². The van der Waals surface area contributed by atoms with E-state index in [0.717, 1.165) is 16.5 Å². The van der Waals surface area contributed by atoms with Gasteiger partial charge in [0, 0.05) is 10.9 Å². The number of ether oxygens (including phenoxy) is 1. The molecule has 5 nitrogen and oxygen atoms in total. The number of methoxy groups -OCH3 is 1. The molecule has 0 aliphatic rings. The Hall–Kier alpha value is -3.09. The first-order valence-electron chi connectivity index (χ1n) is 9.24. The molecule has 1 heterocycles. The molecule has 4 aromatic rings. The van der Waals surface area contributed by atoms with Crippen LogP contribution >= 0.6 is 0 Å². The summed E-state index contributed by atoms with van der Waals surface area (Å²) in [4.78, 5) is 0.214. The van der Waals surface area contributed by atoms with E-state index in [0.29, 0.717) is 17.0 Å². The molecule has 29 heavy (non-hydrogen) atoms. The highest BCUT2D eigenvalue weighted by atomic mass is 32.2. The average molecular weight is 407 g/mol. The molecule has 0 aliphatic carbocycles. The van der Waals surface area contributed by atoms with Crippen molar-refractivity contribution in [3.63, 3.8) is 0 Å². The van der Waals surface area contributed by atoms with Gasteiger partial charge in [0.1, 0.15) is 5.75 Å². The number of aryl methyl sites for hydroxylation is 1. The van der Waals surface area contributed by atoms with Gasteiger partial charge in [0.2, 0.25) is 0 Å². The lowest BCUT2D eigenvalue weighted by molar-refractivity contribution is 0.407. The van der Waals surface area contributed by atoms with Gasteiger partial charge in [0.15, 0.2) is 0 Å². The van der Waals surface area contributed by atoms with Gasteiger partial charge in [0.25, 0.3) is 10.0 Å². The predicted molar refractivity (Wildman–Crippen MR) is 115 cm³/mol. The van der Waals surface area contributed by atoms with E-state index >= 15 is 0 Å². The van der Waals surface area contributed by atoms with Crippen LogP contribution in [-0.2, 0) is 10.0 Å². The summed E-state index contributed by atoms with van der Waals surface area (Å²) in [5.74, 6) is 0.622. The molecule has 6 heteroatoms. The van der Waals surface area contributed by atoms with Gasteiger partial charge >= 0.3 is 0 Å². The van der Waals surface area contributed by atoms with Crippen molar-refractivity contribution in [1.29, 1.82) is 0 Å². The summed E-state index contributed by atoms with van der Waals surface area (Å²) < 4.78 is 34.0. The van der Waals surface area contributed by atoms with Gasteiger partial charge in [0.05, 0.1) is 29.3 Å². The molecule has 0 amide bonds. The molecule has 3 aromatic carbocycles. The smallest absolute Gasteiger partial charge is 0.268 e. The summed E-state index contributed by atoms with van der Waals surface area (Å²) >= 11 is 0. The van der Waals surface area contributed by atoms with Crippen LogP contribution in [0, 0.1) is 6.92 Å². The van der Waals surface area contributed by atoms with Crippen molar-refractivity contribution in [2.24, 2.45) is 5.73 Å². The third-order valence-corrected chi connectivity index (χ3v) is 6.77. The van der Waals surface area contributed by atoms with E-state index in [9.17, 15) is 8.42 Å². The minimum atomic E-state index is -3.84. The van der Waals surface area contributed by atoms with E-state index in [2.05, 4.69) is 0 Å². The van der Waals surface area contributed by atoms with Gasteiger partial charge in [-0.15, -0.1) is 0 Å². The Bertz CT molecular complexity index is 1280. The predicted octanol–water partition coefficient (Wildman–Crippen LogP) is 4.24. The van der Waals surface area contributed by atoms with Crippen LogP contribution < -0.4 is 10.5 Å². The highest BCUT2D eigenvalue weighted by molar-refractivity contribution is 7.90. The van der Waals surface area contributed by atoms with Gasteiger partial charge < -0.3 is 10.5 Å². The number of benzene rings is 3. The van der Waals surface area contributed by atoms with Gasteiger partial charge in [-0.05, 0) is 37.3 Å². The Labute approximate surface area is 170 Å². The molecule has 1 atom stereocenters. The van der Waals surface area contributed by atoms with Crippen LogP contribution in [-0.4, -0.2) is 19.5 Å². The number of hydrogen-bond donors (Lipinski definition) is 1. The number of rotatable bonds is 5. The maximum Gasteiger partial charge on any atom is 0.268 e. The third kappa shape index (κ3) is 3.30. The van der Waals surface area contributed by atoms with Crippen LogP contribution in [0.5, 0.6) is 5.75 Å². The molecule has 0 radical (unpaired) electrons. The van der Waals surface area contributed by atoms with Gasteiger partial charge in [-0.3, -0.25) is 0 Å². The molecule has 148 valence electrons. The lowest BCUT2D eigenvalue weighted by atomic mass is 10.0. The van der Waals surface area contributed by atoms with E-state index in [-0.39, 0.29) is 4.90 Å². The summed E-state index contributed by atoms with van der Waals surface area (Å²) in [6, 6.07) is 22.6. The minimum absolute atomic E-state index is 0.214. The van der Waals surface area contributed by atoms with Crippen molar-refractivity contribution >= 4 is 20.9 Å². The quantitative estimate of drug-likeness (QED) is 0.538. The van der Waals surface area contributed by atoms with Gasteiger partial charge in [-0.2, -0.15) is 0 Å². The second-order valence-electron chi connectivity index (χ2n) is 6.93. The maximum absolute atomic E-state index is 13.6. The molecule has 0 fully saturated rings. The normalized spacial score (nSPS) is 12.8. The number of aromatic nitrogens is 1. The SMILES string of the molecule is COc1ccc(C)cc1C(N)c1cc2ccccc2n1S(=O)(=O)c1ccccc1. The number of hydrogen-bond acceptors (Lipinski definition) is 4. The Morgan fingerprint density at radius 1 is 0.931 bits per heavy atom. The molecule has 2 N–H and O–H groups in total. The zero-order chi connectivity index (χ0) is 20.6. The van der Waals surface area contributed by atoms with Crippen LogP contribution in [0.1, 0.15) is 22.9 Å². The fraction of sp³-hybridized carbons (Fsp3) is 0.130. The maximum atomic E-state index is 13.6. The van der Waals surface area contributed by atoms with E-state index < -0.39 is 16.1 Å². The minimum Gasteiger partial charge on any atom is -0.496 e. The number of nitrogens with zero attached hydrogens (tertiary/aromatic N) is 1. The monoisotopic (exact) mass is 406 g/mol. The Kier molecular flexibility index (Phi) is 4.90. The zero-order valence-electron chi connectivity index (χ0n) is 16.2. The summed E-state index contributed by atoms with van der Waals surface area (Å²) in [7, 11) is -2.26. The summed E-state index contributed by atoms with van der Waals surface area (Å²) in [6.07, 6.45) is 0. The molecule has 0 aliphatic heterocycles. The van der Waals surface area contributed by atoms with Crippen molar-refractivity contribution in [2.75, 3.05) is 7.11 Å². The summed E-state index contributed by atoms with van der Waals surface area (Å²) in [5, 5.41) is 0.809. The highest BCUT2D eigenvalue weighted by Gasteiger charge is 2.27. The Morgan fingerprint density at radius 2 is 1.62 bits per heavy atom. The Morgan fingerprint density at radius 3 is 2.34 bits per heavy atom. The van der Waals surface area contributed by atoms with Crippen LogP contribution in [0.4, 0.5) is 0 Å². The first kappa shape index (κ1) is 19.2. The lowest BCUT2D eigenvalue weighted by Gasteiger charge is -2.19. The van der Waals surface area contributed by atoms with Crippen LogP contribution in [0.3, 0.4) is 0 Å². The molecular weight excluding hydrogens is 384 g/mol. The van der Waals surface area contributed by atoms with Crippen molar-refractivity contribution in [3.8, 4) is 5.75 Å². The first-order chi connectivity index (χ1) is 13.9. The largest absolute Gasteiger partial charge is 0.496 e. The number of para-hydroxylation sites is 1. The Balaban J connectivity index is 2.00. The number of nitrogens with two attached hydrogens (primary N) is 1. The van der Waals surface area contributed by atoms with Crippen molar-refractivity contribution < 1.29 is 13.2 Å². The van der Waals surface area contributed by atoms with Crippen LogP contribution in [0.25, 0.3) is 10.9 Å². The molecule has 1 aromatic heterocycles. The van der Waals surface area contributed by atoms with Crippen molar-refractivity contribution in [2.45, 2.75) is 17.9 Å². The van der Waals surface area contributed by atoms with Crippen molar-refractivity contribution in [1.82, 2.24) is 3.97 Å². The topological polar surface area (TPSA) is 74.3 Å². The molecule has 0 bridgehead atoms. The fourth-order valence-corrected chi connectivity index (χ4v) is 5.17. The number of fused-ring (bicyclic) bond motifs is 1. The van der Waals surface area contributed by atoms with Gasteiger partial charge in [-0.25, -0.2) is 12.4 Å². The molecule has 4 rings (SSSR count). The fourth-order valence-electron chi connectivity index (χ4n) is 3.59. The summed E-state index contributed by atoms with van der Waals surface area (Å²) in [5.41, 5.74) is 9.47. The van der Waals surface area contributed by atoms with Crippen molar-refractivity contribution in [3.05, 3.63) is 95.7 Å². The standard InChI is InChI=1S/C23H22N2O3S/c1-16-12-13-22(28-2)19(14-16)23(24)21-15-17-8-6-7-11-20(17)25(21)29(26,27)18-9-4-3-5-10-18/h3-15,23H,24H2,1-2H3. The van der Waals surface area contributed by atoms with E-state index in [4.69, 9.17) is 10.5 Å². The van der Waals surface area contributed by atoms with Gasteiger partial charge in [-0.1, -0.05) is 54.1 Å². The zero-order valence-corrected chi connectivity index (χ0v) is 17.1. The average Bonchev–Trinajstić information content (AvgIpc) is 3.14. The third-order valence-electron chi connectivity index (χ3n) is 5.01. The molecule has 1 unspecified atom stereocenters. The van der Waals surface area contributed by atoms with E-state index in [1.54, 1.807) is 43.5 Å². The first-order valence-corrected chi connectivity index (χ1v) is 10.7. The second kappa shape index (κ2) is 7.39. The lowest BCUT2D eigenvalue weighted by Crippen LogP contribution is -2.22. The molecule has 0 spiro atoms. The molecule has 0 saturated heterocycles. The second-order valence-corrected chi connectivity index (χ2v) is 8.72. The molecule has 0 saturated carbocycles. The molecular formula is C23H22N2O3S. The van der Waals surface area contributed by atoms with Crippen LogP contribution in [0.2, 0.25) is 0 Å². The van der Waals surface area contributed by atoms with E-state index in [1.165, 1.54) is 3.97 Å². The van der Waals surface area contributed by atoms with E-state index in [1.807, 2.05) is 49.4 Å².